The second-order valence-electron chi connectivity index (χ2n) is 6.54. The Morgan fingerprint density at radius 2 is 1.91 bits per heavy atom. The summed E-state index contributed by atoms with van der Waals surface area (Å²) in [5.74, 6) is 1.00. The Bertz CT molecular complexity index is 401. The van der Waals surface area contributed by atoms with Gasteiger partial charge in [-0.1, -0.05) is 0 Å². The van der Waals surface area contributed by atoms with Crippen LogP contribution >= 0.6 is 24.8 Å². The molecule has 3 aliphatic rings. The summed E-state index contributed by atoms with van der Waals surface area (Å²) in [5.41, 5.74) is 0. The molecule has 0 aromatic rings. The molecule has 134 valence electrons. The van der Waals surface area contributed by atoms with Crippen molar-refractivity contribution >= 4 is 36.6 Å². The number of carbonyl (C=O) groups is 2. The van der Waals surface area contributed by atoms with Crippen molar-refractivity contribution in [2.75, 3.05) is 39.3 Å². The van der Waals surface area contributed by atoms with Gasteiger partial charge in [-0.05, 0) is 38.1 Å². The lowest BCUT2D eigenvalue weighted by Crippen LogP contribution is -2.54. The van der Waals surface area contributed by atoms with Gasteiger partial charge in [0.15, 0.2) is 0 Å². The molecule has 3 aliphatic heterocycles. The Balaban J connectivity index is 0.00000132. The maximum absolute atomic E-state index is 12.3. The fraction of sp³-hybridized carbons (Fsp3) is 0.867. The number of rotatable bonds is 4. The van der Waals surface area contributed by atoms with E-state index in [1.807, 2.05) is 4.90 Å². The molecular weight excluding hydrogens is 339 g/mol. The van der Waals surface area contributed by atoms with Crippen LogP contribution in [0.4, 0.5) is 0 Å². The lowest BCUT2D eigenvalue weighted by atomic mass is 9.94. The molecule has 3 saturated heterocycles. The van der Waals surface area contributed by atoms with Crippen LogP contribution in [0.1, 0.15) is 25.7 Å². The molecular formula is C15H28Cl2N4O2. The lowest BCUT2D eigenvalue weighted by Gasteiger charge is -2.37. The third-order valence-electron chi connectivity index (χ3n) is 4.90. The summed E-state index contributed by atoms with van der Waals surface area (Å²) in [6.07, 6.45) is 4.17. The summed E-state index contributed by atoms with van der Waals surface area (Å²) in [6.45, 7) is 4.97. The van der Waals surface area contributed by atoms with Crippen LogP contribution in [0.2, 0.25) is 0 Å². The average molecular weight is 367 g/mol. The maximum atomic E-state index is 12.3. The molecule has 2 amide bonds. The molecule has 0 saturated carbocycles. The monoisotopic (exact) mass is 366 g/mol. The number of nitrogens with one attached hydrogen (secondary N) is 3. The molecule has 2 unspecified atom stereocenters. The van der Waals surface area contributed by atoms with Crippen LogP contribution in [0.5, 0.6) is 0 Å². The van der Waals surface area contributed by atoms with Crippen LogP contribution in [0.25, 0.3) is 0 Å². The molecule has 6 nitrogen and oxygen atoms in total. The van der Waals surface area contributed by atoms with Gasteiger partial charge in [-0.2, -0.15) is 0 Å². The summed E-state index contributed by atoms with van der Waals surface area (Å²) < 4.78 is 0. The topological polar surface area (TPSA) is 73.5 Å². The van der Waals surface area contributed by atoms with E-state index in [0.29, 0.717) is 18.4 Å². The Kier molecular flexibility index (Phi) is 8.61. The number of halogens is 2. The molecule has 0 bridgehead atoms. The zero-order valence-electron chi connectivity index (χ0n) is 13.4. The van der Waals surface area contributed by atoms with Crippen LogP contribution in [-0.4, -0.2) is 62.0 Å². The van der Waals surface area contributed by atoms with Crippen molar-refractivity contribution in [2.45, 2.75) is 31.7 Å². The van der Waals surface area contributed by atoms with Gasteiger partial charge < -0.3 is 20.9 Å². The smallest absolute Gasteiger partial charge is 0.237 e. The fourth-order valence-electron chi connectivity index (χ4n) is 3.43. The third kappa shape index (κ3) is 5.21. The summed E-state index contributed by atoms with van der Waals surface area (Å²) in [4.78, 5) is 26.3. The molecule has 3 N–H and O–H groups in total. The van der Waals surface area contributed by atoms with Crippen molar-refractivity contribution < 1.29 is 9.59 Å². The average Bonchev–Trinajstić information content (AvgIpc) is 2.97. The minimum absolute atomic E-state index is 0. The predicted molar refractivity (Wildman–Crippen MR) is 94.2 cm³/mol. The number of nitrogens with zero attached hydrogens (tertiary/aromatic N) is 1. The molecule has 23 heavy (non-hydrogen) atoms. The van der Waals surface area contributed by atoms with E-state index in [4.69, 9.17) is 0 Å². The van der Waals surface area contributed by atoms with E-state index in [-0.39, 0.29) is 42.7 Å². The summed E-state index contributed by atoms with van der Waals surface area (Å²) in [6, 6.07) is -0.00706. The summed E-state index contributed by atoms with van der Waals surface area (Å²) >= 11 is 0. The van der Waals surface area contributed by atoms with Gasteiger partial charge in [0.05, 0.1) is 12.0 Å². The molecule has 8 heteroatoms. The van der Waals surface area contributed by atoms with Crippen LogP contribution < -0.4 is 16.0 Å². The second-order valence-corrected chi connectivity index (χ2v) is 6.54. The van der Waals surface area contributed by atoms with E-state index in [9.17, 15) is 9.59 Å². The van der Waals surface area contributed by atoms with E-state index in [2.05, 4.69) is 16.0 Å². The zero-order chi connectivity index (χ0) is 14.7. The molecule has 3 heterocycles. The van der Waals surface area contributed by atoms with Gasteiger partial charge in [0.25, 0.3) is 0 Å². The van der Waals surface area contributed by atoms with E-state index in [1.165, 1.54) is 0 Å². The van der Waals surface area contributed by atoms with Gasteiger partial charge in [-0.3, -0.25) is 9.59 Å². The second kappa shape index (κ2) is 9.67. The molecule has 3 rings (SSSR count). The van der Waals surface area contributed by atoms with Crippen LogP contribution in [-0.2, 0) is 9.59 Å². The third-order valence-corrected chi connectivity index (χ3v) is 4.90. The molecule has 2 atom stereocenters. The SMILES string of the molecule is Cl.Cl.O=C(NCC1CCCN(C(=O)C2CNC2)C1)C1CCCN1. The Hall–Kier alpha value is -0.560. The summed E-state index contributed by atoms with van der Waals surface area (Å²) in [5, 5.41) is 9.43. The number of piperidine rings is 1. The molecule has 3 fully saturated rings. The van der Waals surface area contributed by atoms with Gasteiger partial charge in [0, 0.05) is 32.7 Å². The highest BCUT2D eigenvalue weighted by Crippen LogP contribution is 2.19. The normalized spacial score (nSPS) is 27.4. The minimum Gasteiger partial charge on any atom is -0.354 e. The van der Waals surface area contributed by atoms with E-state index in [0.717, 1.165) is 58.4 Å². The Labute approximate surface area is 150 Å². The first-order chi connectivity index (χ1) is 10.2. The highest BCUT2D eigenvalue weighted by atomic mass is 35.5. The standard InChI is InChI=1S/C15H26N4O2.2ClH/c20-14(13-4-1-5-17-13)18-7-11-3-2-6-19(10-11)15(21)12-8-16-9-12;;/h11-13,16-17H,1-10H2,(H,18,20);2*1H. The van der Waals surface area contributed by atoms with E-state index < -0.39 is 0 Å². The van der Waals surface area contributed by atoms with Crippen LogP contribution in [0.3, 0.4) is 0 Å². The first-order valence-electron chi connectivity index (χ1n) is 8.24. The first kappa shape index (κ1) is 20.5. The quantitative estimate of drug-likeness (QED) is 0.662. The van der Waals surface area contributed by atoms with Crippen LogP contribution in [0.15, 0.2) is 0 Å². The zero-order valence-corrected chi connectivity index (χ0v) is 15.0. The predicted octanol–water partition coefficient (Wildman–Crippen LogP) is 0.156. The lowest BCUT2D eigenvalue weighted by molar-refractivity contribution is -0.138. The minimum atomic E-state index is -0.00706. The number of hydrogen-bond donors (Lipinski definition) is 3. The highest BCUT2D eigenvalue weighted by Gasteiger charge is 2.32. The fourth-order valence-corrected chi connectivity index (χ4v) is 3.43. The van der Waals surface area contributed by atoms with Crippen molar-refractivity contribution in [1.29, 1.82) is 0 Å². The van der Waals surface area contributed by atoms with Crippen molar-refractivity contribution in [3.63, 3.8) is 0 Å². The van der Waals surface area contributed by atoms with Crippen molar-refractivity contribution in [1.82, 2.24) is 20.9 Å². The van der Waals surface area contributed by atoms with Gasteiger partial charge in [-0.25, -0.2) is 0 Å². The first-order valence-corrected chi connectivity index (χ1v) is 8.24. The highest BCUT2D eigenvalue weighted by molar-refractivity contribution is 5.85. The number of amides is 2. The molecule has 0 aromatic heterocycles. The van der Waals surface area contributed by atoms with Crippen LogP contribution in [0, 0.1) is 11.8 Å². The largest absolute Gasteiger partial charge is 0.354 e. The number of likely N-dealkylation sites (tertiary alicyclic amines) is 1. The Morgan fingerprint density at radius 3 is 2.52 bits per heavy atom. The van der Waals surface area contributed by atoms with Gasteiger partial charge >= 0.3 is 0 Å². The van der Waals surface area contributed by atoms with Gasteiger partial charge in [-0.15, -0.1) is 24.8 Å². The Morgan fingerprint density at radius 1 is 1.13 bits per heavy atom. The number of hydrogen-bond acceptors (Lipinski definition) is 4. The van der Waals surface area contributed by atoms with E-state index in [1.54, 1.807) is 0 Å². The number of carbonyl (C=O) groups excluding carboxylic acids is 2. The van der Waals surface area contributed by atoms with Gasteiger partial charge in [0.2, 0.25) is 11.8 Å². The molecule has 0 aromatic carbocycles. The molecule has 0 spiro atoms. The van der Waals surface area contributed by atoms with Crippen molar-refractivity contribution in [3.05, 3.63) is 0 Å². The van der Waals surface area contributed by atoms with Crippen molar-refractivity contribution in [2.24, 2.45) is 11.8 Å². The van der Waals surface area contributed by atoms with Gasteiger partial charge in [0.1, 0.15) is 0 Å². The van der Waals surface area contributed by atoms with Crippen molar-refractivity contribution in [3.8, 4) is 0 Å². The van der Waals surface area contributed by atoms with E-state index >= 15 is 0 Å². The maximum Gasteiger partial charge on any atom is 0.237 e. The summed E-state index contributed by atoms with van der Waals surface area (Å²) in [7, 11) is 0. The molecule has 0 radical (unpaired) electrons. The molecule has 0 aliphatic carbocycles.